The first-order valence-corrected chi connectivity index (χ1v) is 12.4. The molecule has 2 aromatic rings. The molecule has 38 heavy (non-hydrogen) atoms. The molecule has 0 saturated carbocycles. The number of benzene rings is 2. The summed E-state index contributed by atoms with van der Waals surface area (Å²) in [5.74, 6) is 1.28. The fourth-order valence-corrected chi connectivity index (χ4v) is 6.82. The Morgan fingerprint density at radius 3 is 1.95 bits per heavy atom. The number of ether oxygens (including phenoxy) is 5. The van der Waals surface area contributed by atoms with Gasteiger partial charge in [0.15, 0.2) is 23.0 Å². The summed E-state index contributed by atoms with van der Waals surface area (Å²) in [6.45, 7) is 1.34. The van der Waals surface area contributed by atoms with Crippen LogP contribution in [0.2, 0.25) is 0 Å². The smallest absolute Gasteiger partial charge is 0.241 e. The molecule has 11 heteroatoms. The minimum absolute atomic E-state index is 0.0260. The number of methoxy groups -OCH3 is 5. The molecule has 0 radical (unpaired) electrons. The second kappa shape index (κ2) is 9.32. The minimum Gasteiger partial charge on any atom is -0.507 e. The van der Waals surface area contributed by atoms with Crippen molar-refractivity contribution < 1.29 is 43.8 Å². The molecule has 4 atom stereocenters. The number of hydrogen-bond donors (Lipinski definition) is 3. The number of carbonyl (C=O) groups excluding carboxylic acids is 1. The van der Waals surface area contributed by atoms with Gasteiger partial charge in [-0.05, 0) is 20.4 Å². The summed E-state index contributed by atoms with van der Waals surface area (Å²) < 4.78 is 28.0. The number of aliphatic hydroxyl groups is 1. The first kappa shape index (κ1) is 26.1. The van der Waals surface area contributed by atoms with Crippen molar-refractivity contribution in [1.82, 2.24) is 9.80 Å². The van der Waals surface area contributed by atoms with E-state index in [0.717, 1.165) is 0 Å². The van der Waals surface area contributed by atoms with Gasteiger partial charge in [-0.25, -0.2) is 0 Å². The number of rotatable bonds is 6. The molecule has 5 rings (SSSR count). The zero-order valence-corrected chi connectivity index (χ0v) is 22.6. The molecule has 1 saturated heterocycles. The topological polar surface area (TPSA) is 130 Å². The highest BCUT2D eigenvalue weighted by molar-refractivity contribution is 5.87. The SMILES string of the molecule is COc1c(C)c(O)c2c(c1OC)[C@H](CO)N1C(=O)C3Cc4c(OC)c(OC)c(OC)c(O)c4C([C@@H]1C2)N3C. The molecule has 0 aromatic heterocycles. The van der Waals surface area contributed by atoms with Crippen LogP contribution in [0, 0.1) is 6.92 Å². The third-order valence-electron chi connectivity index (χ3n) is 8.40. The van der Waals surface area contributed by atoms with E-state index in [0.29, 0.717) is 45.1 Å². The molecule has 2 bridgehead atoms. The summed E-state index contributed by atoms with van der Waals surface area (Å²) >= 11 is 0. The molecule has 3 aliphatic rings. The standard InChI is InChI=1S/C27H34N2O9/c1-11-20(31)12-8-14-19-18-13(23(35-4)26(38-7)25(37-6)21(18)32)9-15(28(19)2)27(33)29(14)16(10-30)17(12)24(36-5)22(11)34-3/h14-16,19,30-32H,8-10H2,1-7H3/t14-,15?,16-,19?/m0/s1. The van der Waals surface area contributed by atoms with Crippen molar-refractivity contribution in [2.75, 3.05) is 49.2 Å². The number of phenols is 2. The van der Waals surface area contributed by atoms with Crippen LogP contribution < -0.4 is 23.7 Å². The lowest BCUT2D eigenvalue weighted by Gasteiger charge is -2.57. The van der Waals surface area contributed by atoms with Crippen molar-refractivity contribution in [1.29, 1.82) is 0 Å². The van der Waals surface area contributed by atoms with Crippen LogP contribution >= 0.6 is 0 Å². The normalized spacial score (nSPS) is 23.8. The van der Waals surface area contributed by atoms with E-state index >= 15 is 0 Å². The number of likely N-dealkylation sites (N-methyl/N-ethyl adjacent to an activating group) is 1. The van der Waals surface area contributed by atoms with E-state index in [4.69, 9.17) is 23.7 Å². The summed E-state index contributed by atoms with van der Waals surface area (Å²) in [5, 5.41) is 33.4. The number of piperazine rings is 1. The first-order chi connectivity index (χ1) is 18.2. The van der Waals surface area contributed by atoms with Gasteiger partial charge >= 0.3 is 0 Å². The Labute approximate surface area is 221 Å². The van der Waals surface area contributed by atoms with Crippen LogP contribution in [0.1, 0.15) is 39.9 Å². The largest absolute Gasteiger partial charge is 0.507 e. The highest BCUT2D eigenvalue weighted by Gasteiger charge is 2.56. The van der Waals surface area contributed by atoms with Gasteiger partial charge in [-0.3, -0.25) is 9.69 Å². The average Bonchev–Trinajstić information content (AvgIpc) is 2.92. The molecule has 0 aliphatic carbocycles. The van der Waals surface area contributed by atoms with Crippen LogP contribution in [-0.2, 0) is 17.6 Å². The quantitative estimate of drug-likeness (QED) is 0.509. The number of phenolic OH excluding ortho intramolecular Hbond substituents is 2. The van der Waals surface area contributed by atoms with Gasteiger partial charge in [0.2, 0.25) is 17.4 Å². The van der Waals surface area contributed by atoms with Crippen molar-refractivity contribution in [3.63, 3.8) is 0 Å². The van der Waals surface area contributed by atoms with Crippen molar-refractivity contribution in [2.45, 2.75) is 43.9 Å². The van der Waals surface area contributed by atoms with Gasteiger partial charge in [0.25, 0.3) is 0 Å². The number of aliphatic hydroxyl groups excluding tert-OH is 1. The van der Waals surface area contributed by atoms with Crippen molar-refractivity contribution in [2.24, 2.45) is 0 Å². The number of amides is 1. The summed E-state index contributed by atoms with van der Waals surface area (Å²) in [6.07, 6.45) is 0.508. The van der Waals surface area contributed by atoms with Gasteiger partial charge in [0.1, 0.15) is 5.75 Å². The number of aromatic hydroxyl groups is 2. The number of hydrogen-bond acceptors (Lipinski definition) is 10. The number of nitrogens with zero attached hydrogens (tertiary/aromatic N) is 2. The molecule has 2 unspecified atom stereocenters. The molecule has 3 heterocycles. The molecule has 3 aliphatic heterocycles. The highest BCUT2D eigenvalue weighted by atomic mass is 16.5. The maximum absolute atomic E-state index is 14.1. The van der Waals surface area contributed by atoms with Crippen LogP contribution in [-0.4, -0.2) is 92.3 Å². The lowest BCUT2D eigenvalue weighted by molar-refractivity contribution is -0.158. The van der Waals surface area contributed by atoms with E-state index in [-0.39, 0.29) is 41.7 Å². The second-order valence-corrected chi connectivity index (χ2v) is 9.82. The highest BCUT2D eigenvalue weighted by Crippen LogP contribution is 2.59. The van der Waals surface area contributed by atoms with Crippen LogP contribution in [0.15, 0.2) is 0 Å². The first-order valence-electron chi connectivity index (χ1n) is 12.4. The van der Waals surface area contributed by atoms with E-state index in [9.17, 15) is 20.1 Å². The summed E-state index contributed by atoms with van der Waals surface area (Å²) in [6, 6.07) is -2.41. The zero-order valence-electron chi connectivity index (χ0n) is 22.6. The summed E-state index contributed by atoms with van der Waals surface area (Å²) in [5.41, 5.74) is 2.83. The number of fused-ring (bicyclic) bond motifs is 7. The lowest BCUT2D eigenvalue weighted by Crippen LogP contribution is -2.66. The molecule has 3 N–H and O–H groups in total. The Morgan fingerprint density at radius 1 is 0.789 bits per heavy atom. The van der Waals surface area contributed by atoms with Crippen LogP contribution in [0.25, 0.3) is 0 Å². The monoisotopic (exact) mass is 530 g/mol. The fourth-order valence-electron chi connectivity index (χ4n) is 6.82. The molecule has 11 nitrogen and oxygen atoms in total. The minimum atomic E-state index is -0.795. The van der Waals surface area contributed by atoms with Crippen LogP contribution in [0.5, 0.6) is 40.2 Å². The molecule has 206 valence electrons. The third-order valence-corrected chi connectivity index (χ3v) is 8.40. The fraction of sp³-hybridized carbons (Fsp3) is 0.519. The molecule has 0 spiro atoms. The maximum Gasteiger partial charge on any atom is 0.241 e. The predicted molar refractivity (Wildman–Crippen MR) is 136 cm³/mol. The average molecular weight is 531 g/mol. The predicted octanol–water partition coefficient (Wildman–Crippen LogP) is 1.85. The van der Waals surface area contributed by atoms with E-state index in [1.165, 1.54) is 35.5 Å². The Hall–Kier alpha value is -3.57. The van der Waals surface area contributed by atoms with Gasteiger partial charge in [-0.15, -0.1) is 0 Å². The van der Waals surface area contributed by atoms with Gasteiger partial charge in [-0.2, -0.15) is 0 Å². The van der Waals surface area contributed by atoms with E-state index < -0.39 is 30.8 Å². The number of carbonyl (C=O) groups is 1. The van der Waals surface area contributed by atoms with Crippen LogP contribution in [0.4, 0.5) is 0 Å². The van der Waals surface area contributed by atoms with Crippen molar-refractivity contribution in [3.05, 3.63) is 27.8 Å². The Balaban J connectivity index is 1.80. The van der Waals surface area contributed by atoms with Gasteiger partial charge in [-0.1, -0.05) is 0 Å². The zero-order chi connectivity index (χ0) is 27.6. The Kier molecular flexibility index (Phi) is 6.39. The Bertz CT molecular complexity index is 1310. The van der Waals surface area contributed by atoms with Crippen molar-refractivity contribution >= 4 is 5.91 Å². The lowest BCUT2D eigenvalue weighted by atomic mass is 9.73. The summed E-state index contributed by atoms with van der Waals surface area (Å²) in [7, 11) is 9.24. The van der Waals surface area contributed by atoms with E-state index in [2.05, 4.69) is 0 Å². The van der Waals surface area contributed by atoms with Crippen LogP contribution in [0.3, 0.4) is 0 Å². The summed E-state index contributed by atoms with van der Waals surface area (Å²) in [4.78, 5) is 17.7. The maximum atomic E-state index is 14.1. The van der Waals surface area contributed by atoms with Gasteiger partial charge in [0, 0.05) is 34.2 Å². The molecule has 1 fully saturated rings. The molecular weight excluding hydrogens is 496 g/mol. The van der Waals surface area contributed by atoms with E-state index in [1.54, 1.807) is 11.8 Å². The third kappa shape index (κ3) is 3.18. The molecule has 1 amide bonds. The molecule has 2 aromatic carbocycles. The molecular formula is C27H34N2O9. The van der Waals surface area contributed by atoms with Gasteiger partial charge < -0.3 is 43.9 Å². The second-order valence-electron chi connectivity index (χ2n) is 9.82. The van der Waals surface area contributed by atoms with E-state index in [1.807, 2.05) is 11.9 Å². The van der Waals surface area contributed by atoms with Crippen molar-refractivity contribution in [3.8, 4) is 40.2 Å². The van der Waals surface area contributed by atoms with Gasteiger partial charge in [0.05, 0.1) is 66.3 Å². The Morgan fingerprint density at radius 2 is 1.39 bits per heavy atom.